The number of hydrogen-bond donors (Lipinski definition) is 1. The molecule has 76 valence electrons. The second kappa shape index (κ2) is 4.88. The second-order valence-electron chi connectivity index (χ2n) is 3.68. The molecule has 0 radical (unpaired) electrons. The Morgan fingerprint density at radius 1 is 1.54 bits per heavy atom. The summed E-state index contributed by atoms with van der Waals surface area (Å²) in [6.45, 7) is 9.70. The van der Waals surface area contributed by atoms with Crippen molar-refractivity contribution in [1.82, 2.24) is 9.80 Å². The summed E-state index contributed by atoms with van der Waals surface area (Å²) >= 11 is 4.90. The SMILES string of the molecule is CCN1CCN(CC(N)=S)CC1C. The molecule has 0 amide bonds. The predicted molar refractivity (Wildman–Crippen MR) is 59.9 cm³/mol. The zero-order valence-corrected chi connectivity index (χ0v) is 9.31. The van der Waals surface area contributed by atoms with Gasteiger partial charge in [0.05, 0.1) is 4.99 Å². The van der Waals surface area contributed by atoms with E-state index in [0.29, 0.717) is 11.0 Å². The van der Waals surface area contributed by atoms with Crippen LogP contribution in [-0.2, 0) is 0 Å². The Hall–Kier alpha value is -0.190. The van der Waals surface area contributed by atoms with Crippen LogP contribution in [0.3, 0.4) is 0 Å². The number of rotatable bonds is 3. The van der Waals surface area contributed by atoms with Gasteiger partial charge in [0, 0.05) is 32.2 Å². The molecule has 1 unspecified atom stereocenters. The molecule has 13 heavy (non-hydrogen) atoms. The lowest BCUT2D eigenvalue weighted by molar-refractivity contribution is 0.0988. The summed E-state index contributed by atoms with van der Waals surface area (Å²) in [7, 11) is 0. The fraction of sp³-hybridized carbons (Fsp3) is 0.889. The molecule has 0 saturated carbocycles. The topological polar surface area (TPSA) is 32.5 Å². The van der Waals surface area contributed by atoms with Crippen molar-refractivity contribution in [1.29, 1.82) is 0 Å². The molecule has 0 aromatic rings. The van der Waals surface area contributed by atoms with E-state index in [-0.39, 0.29) is 0 Å². The summed E-state index contributed by atoms with van der Waals surface area (Å²) in [5.41, 5.74) is 5.51. The third-order valence-corrected chi connectivity index (χ3v) is 2.76. The highest BCUT2D eigenvalue weighted by atomic mass is 32.1. The van der Waals surface area contributed by atoms with E-state index in [9.17, 15) is 0 Å². The maximum absolute atomic E-state index is 5.51. The van der Waals surface area contributed by atoms with Crippen molar-refractivity contribution >= 4 is 17.2 Å². The maximum atomic E-state index is 5.51. The van der Waals surface area contributed by atoms with E-state index < -0.39 is 0 Å². The van der Waals surface area contributed by atoms with Crippen molar-refractivity contribution in [2.75, 3.05) is 32.7 Å². The predicted octanol–water partition coefficient (Wildman–Crippen LogP) is 0.298. The minimum Gasteiger partial charge on any atom is -0.392 e. The Balaban J connectivity index is 2.36. The van der Waals surface area contributed by atoms with E-state index in [1.165, 1.54) is 0 Å². The first-order chi connectivity index (χ1) is 6.13. The van der Waals surface area contributed by atoms with Crippen molar-refractivity contribution in [2.45, 2.75) is 19.9 Å². The van der Waals surface area contributed by atoms with Gasteiger partial charge in [-0.3, -0.25) is 9.80 Å². The zero-order chi connectivity index (χ0) is 9.84. The third kappa shape index (κ3) is 3.21. The lowest BCUT2D eigenvalue weighted by Gasteiger charge is -2.39. The molecule has 0 bridgehead atoms. The molecule has 2 N–H and O–H groups in total. The van der Waals surface area contributed by atoms with Gasteiger partial charge in [0.1, 0.15) is 0 Å². The fourth-order valence-corrected chi connectivity index (χ4v) is 2.09. The van der Waals surface area contributed by atoms with Crippen molar-refractivity contribution in [2.24, 2.45) is 5.73 Å². The highest BCUT2D eigenvalue weighted by Crippen LogP contribution is 2.07. The Morgan fingerprint density at radius 2 is 2.23 bits per heavy atom. The zero-order valence-electron chi connectivity index (χ0n) is 8.49. The molecule has 1 rings (SSSR count). The van der Waals surface area contributed by atoms with E-state index >= 15 is 0 Å². The molecular formula is C9H19N3S. The van der Waals surface area contributed by atoms with Crippen molar-refractivity contribution in [3.05, 3.63) is 0 Å². The van der Waals surface area contributed by atoms with Crippen LogP contribution >= 0.6 is 12.2 Å². The molecule has 0 aromatic heterocycles. The fourth-order valence-electron chi connectivity index (χ4n) is 1.90. The van der Waals surface area contributed by atoms with Gasteiger partial charge in [-0.25, -0.2) is 0 Å². The van der Waals surface area contributed by atoms with Gasteiger partial charge in [0.2, 0.25) is 0 Å². The molecule has 1 fully saturated rings. The van der Waals surface area contributed by atoms with Crippen LogP contribution in [0.2, 0.25) is 0 Å². The first-order valence-electron chi connectivity index (χ1n) is 4.88. The van der Waals surface area contributed by atoms with E-state index in [1.54, 1.807) is 0 Å². The molecule has 0 aliphatic carbocycles. The van der Waals surface area contributed by atoms with Crippen LogP contribution in [-0.4, -0.2) is 53.6 Å². The van der Waals surface area contributed by atoms with Crippen molar-refractivity contribution < 1.29 is 0 Å². The van der Waals surface area contributed by atoms with Crippen LogP contribution in [0.15, 0.2) is 0 Å². The summed E-state index contributed by atoms with van der Waals surface area (Å²) in [5.74, 6) is 0. The van der Waals surface area contributed by atoms with Gasteiger partial charge in [-0.05, 0) is 13.5 Å². The van der Waals surface area contributed by atoms with Gasteiger partial charge in [0.25, 0.3) is 0 Å². The van der Waals surface area contributed by atoms with Gasteiger partial charge in [-0.2, -0.15) is 0 Å². The van der Waals surface area contributed by atoms with Crippen LogP contribution < -0.4 is 5.73 Å². The summed E-state index contributed by atoms with van der Waals surface area (Å²) < 4.78 is 0. The molecule has 1 aliphatic heterocycles. The Labute approximate surface area is 85.9 Å². The Bertz CT molecular complexity index is 184. The minimum atomic E-state index is 0.608. The average Bonchev–Trinajstić information content (AvgIpc) is 2.03. The van der Waals surface area contributed by atoms with Gasteiger partial charge >= 0.3 is 0 Å². The molecular weight excluding hydrogens is 182 g/mol. The van der Waals surface area contributed by atoms with Crippen LogP contribution in [0.25, 0.3) is 0 Å². The highest BCUT2D eigenvalue weighted by Gasteiger charge is 2.21. The number of nitrogens with two attached hydrogens (primary N) is 1. The van der Waals surface area contributed by atoms with Crippen molar-refractivity contribution in [3.63, 3.8) is 0 Å². The van der Waals surface area contributed by atoms with Crippen LogP contribution in [0, 0.1) is 0 Å². The van der Waals surface area contributed by atoms with Crippen LogP contribution in [0.4, 0.5) is 0 Å². The van der Waals surface area contributed by atoms with Gasteiger partial charge in [-0.15, -0.1) is 0 Å². The summed E-state index contributed by atoms with van der Waals surface area (Å²) in [5, 5.41) is 0. The molecule has 1 heterocycles. The van der Waals surface area contributed by atoms with E-state index in [1.807, 2.05) is 0 Å². The number of thiocarbonyl (C=S) groups is 1. The van der Waals surface area contributed by atoms with E-state index in [4.69, 9.17) is 18.0 Å². The molecule has 1 aliphatic rings. The maximum Gasteiger partial charge on any atom is 0.0870 e. The monoisotopic (exact) mass is 201 g/mol. The molecule has 1 atom stereocenters. The molecule has 0 spiro atoms. The van der Waals surface area contributed by atoms with E-state index in [0.717, 1.165) is 32.7 Å². The molecule has 0 aromatic carbocycles. The largest absolute Gasteiger partial charge is 0.392 e. The number of nitrogens with zero attached hydrogens (tertiary/aromatic N) is 2. The summed E-state index contributed by atoms with van der Waals surface area (Å²) in [4.78, 5) is 5.42. The van der Waals surface area contributed by atoms with Crippen LogP contribution in [0.1, 0.15) is 13.8 Å². The molecule has 1 saturated heterocycles. The van der Waals surface area contributed by atoms with Crippen molar-refractivity contribution in [3.8, 4) is 0 Å². The molecule has 3 nitrogen and oxygen atoms in total. The quantitative estimate of drug-likeness (QED) is 0.666. The van der Waals surface area contributed by atoms with Gasteiger partial charge in [-0.1, -0.05) is 19.1 Å². The lowest BCUT2D eigenvalue weighted by atomic mass is 10.2. The average molecular weight is 201 g/mol. The lowest BCUT2D eigenvalue weighted by Crippen LogP contribution is -2.53. The second-order valence-corrected chi connectivity index (χ2v) is 4.20. The highest BCUT2D eigenvalue weighted by molar-refractivity contribution is 7.80. The van der Waals surface area contributed by atoms with Gasteiger partial charge in [0.15, 0.2) is 0 Å². The number of piperazine rings is 1. The Morgan fingerprint density at radius 3 is 2.69 bits per heavy atom. The molecule has 4 heteroatoms. The first kappa shape index (κ1) is 10.9. The van der Waals surface area contributed by atoms with Crippen LogP contribution in [0.5, 0.6) is 0 Å². The normalized spacial score (nSPS) is 26.2. The summed E-state index contributed by atoms with van der Waals surface area (Å²) in [6.07, 6.45) is 0. The Kier molecular flexibility index (Phi) is 4.09. The number of likely N-dealkylation sites (N-methyl/N-ethyl adjacent to an activating group) is 1. The van der Waals surface area contributed by atoms with Gasteiger partial charge < -0.3 is 5.73 Å². The standard InChI is InChI=1S/C9H19N3S/c1-3-12-5-4-11(6-8(12)2)7-9(10)13/h8H,3-7H2,1-2H3,(H2,10,13). The smallest absolute Gasteiger partial charge is 0.0870 e. The van der Waals surface area contributed by atoms with E-state index in [2.05, 4.69) is 23.6 Å². The minimum absolute atomic E-state index is 0.608. The first-order valence-corrected chi connectivity index (χ1v) is 5.29. The summed E-state index contributed by atoms with van der Waals surface area (Å²) in [6, 6.07) is 0.632. The number of hydrogen-bond acceptors (Lipinski definition) is 3. The third-order valence-electron chi connectivity index (χ3n) is 2.63.